The fourth-order valence-corrected chi connectivity index (χ4v) is 3.48. The molecule has 0 aliphatic heterocycles. The lowest BCUT2D eigenvalue weighted by atomic mass is 10.0. The van der Waals surface area contributed by atoms with Gasteiger partial charge in [0, 0.05) is 29.9 Å². The standard InChI is InChI=1S/C27H24N2O3/c1-20-24(28-26(32-20)23-10-4-3-5-11-23)12-8-9-21-13-15-22(16-14-21)19-25(27(30)31-2)29-17-6-7-18-29/h3-7,10-11,13-18,25H,12,19H2,1-2H3/t25-/m0/s1. The van der Waals surface area contributed by atoms with Gasteiger partial charge in [-0.2, -0.15) is 0 Å². The molecule has 0 saturated heterocycles. The second kappa shape index (κ2) is 9.84. The lowest BCUT2D eigenvalue weighted by Gasteiger charge is -2.16. The van der Waals surface area contributed by atoms with Gasteiger partial charge in [0.2, 0.25) is 5.89 Å². The Hall–Kier alpha value is -4.04. The number of aryl methyl sites for hydroxylation is 1. The summed E-state index contributed by atoms with van der Waals surface area (Å²) < 4.78 is 12.6. The van der Waals surface area contributed by atoms with Crippen LogP contribution in [0.25, 0.3) is 11.5 Å². The highest BCUT2D eigenvalue weighted by molar-refractivity contribution is 5.74. The van der Waals surface area contributed by atoms with Crippen molar-refractivity contribution in [3.05, 3.63) is 102 Å². The Kier molecular flexibility index (Phi) is 6.52. The molecule has 0 saturated carbocycles. The number of hydrogen-bond acceptors (Lipinski definition) is 4. The molecule has 0 aliphatic carbocycles. The van der Waals surface area contributed by atoms with Gasteiger partial charge >= 0.3 is 5.97 Å². The van der Waals surface area contributed by atoms with E-state index in [0.717, 1.165) is 28.1 Å². The minimum Gasteiger partial charge on any atom is -0.467 e. The molecule has 5 nitrogen and oxygen atoms in total. The SMILES string of the molecule is COC(=O)[C@H](Cc1ccc(C#CCc2nc(-c3ccccc3)oc2C)cc1)n1cccc1. The first kappa shape index (κ1) is 21.2. The van der Waals surface area contributed by atoms with Gasteiger partial charge in [-0.3, -0.25) is 0 Å². The van der Waals surface area contributed by atoms with Crippen LogP contribution in [0.4, 0.5) is 0 Å². The molecular formula is C27H24N2O3. The van der Waals surface area contributed by atoms with Crippen molar-refractivity contribution in [2.75, 3.05) is 7.11 Å². The van der Waals surface area contributed by atoms with E-state index >= 15 is 0 Å². The van der Waals surface area contributed by atoms with Crippen molar-refractivity contribution >= 4 is 5.97 Å². The van der Waals surface area contributed by atoms with Crippen molar-refractivity contribution in [2.24, 2.45) is 0 Å². The summed E-state index contributed by atoms with van der Waals surface area (Å²) in [5.41, 5.74) is 3.75. The molecule has 2 aromatic carbocycles. The lowest BCUT2D eigenvalue weighted by molar-refractivity contribution is -0.144. The number of nitrogens with zero attached hydrogens (tertiary/aromatic N) is 2. The number of benzene rings is 2. The van der Waals surface area contributed by atoms with Crippen molar-refractivity contribution < 1.29 is 13.9 Å². The molecule has 0 N–H and O–H groups in total. The van der Waals surface area contributed by atoms with E-state index in [9.17, 15) is 4.79 Å². The summed E-state index contributed by atoms with van der Waals surface area (Å²) in [7, 11) is 1.41. The third kappa shape index (κ3) is 4.98. The minimum absolute atomic E-state index is 0.261. The van der Waals surface area contributed by atoms with Gasteiger partial charge in [0.25, 0.3) is 0 Å². The van der Waals surface area contributed by atoms with Gasteiger partial charge in [-0.1, -0.05) is 42.2 Å². The minimum atomic E-state index is -0.388. The van der Waals surface area contributed by atoms with Crippen LogP contribution in [0.3, 0.4) is 0 Å². The predicted molar refractivity (Wildman–Crippen MR) is 123 cm³/mol. The van der Waals surface area contributed by atoms with Gasteiger partial charge < -0.3 is 13.7 Å². The van der Waals surface area contributed by atoms with Gasteiger partial charge in [-0.15, -0.1) is 0 Å². The van der Waals surface area contributed by atoms with Crippen molar-refractivity contribution in [3.8, 4) is 23.3 Å². The van der Waals surface area contributed by atoms with Crippen molar-refractivity contribution in [3.63, 3.8) is 0 Å². The van der Waals surface area contributed by atoms with Crippen LogP contribution in [0.1, 0.15) is 28.6 Å². The third-order valence-corrected chi connectivity index (χ3v) is 5.25. The molecule has 0 spiro atoms. The highest BCUT2D eigenvalue weighted by Gasteiger charge is 2.20. The van der Waals surface area contributed by atoms with E-state index in [1.54, 1.807) is 0 Å². The van der Waals surface area contributed by atoms with Gasteiger partial charge in [0.05, 0.1) is 19.2 Å². The molecular weight excluding hydrogens is 400 g/mol. The monoisotopic (exact) mass is 424 g/mol. The van der Waals surface area contributed by atoms with Crippen LogP contribution in [0.15, 0.2) is 83.5 Å². The largest absolute Gasteiger partial charge is 0.467 e. The summed E-state index contributed by atoms with van der Waals surface area (Å²) in [4.78, 5) is 16.8. The Morgan fingerprint density at radius 1 is 1.06 bits per heavy atom. The quantitative estimate of drug-likeness (QED) is 0.323. The average molecular weight is 425 g/mol. The highest BCUT2D eigenvalue weighted by Crippen LogP contribution is 2.21. The van der Waals surface area contributed by atoms with Gasteiger partial charge in [-0.05, 0) is 48.9 Å². The van der Waals surface area contributed by atoms with E-state index in [1.165, 1.54) is 7.11 Å². The average Bonchev–Trinajstić information content (AvgIpc) is 3.49. The fraction of sp³-hybridized carbons (Fsp3) is 0.185. The fourth-order valence-electron chi connectivity index (χ4n) is 3.48. The van der Waals surface area contributed by atoms with Gasteiger partial charge in [0.15, 0.2) is 0 Å². The van der Waals surface area contributed by atoms with E-state index in [1.807, 2.05) is 90.6 Å². The van der Waals surface area contributed by atoms with Crippen molar-refractivity contribution in [1.82, 2.24) is 9.55 Å². The summed E-state index contributed by atoms with van der Waals surface area (Å²) in [5, 5.41) is 0. The van der Waals surface area contributed by atoms with Crippen molar-refractivity contribution in [2.45, 2.75) is 25.8 Å². The van der Waals surface area contributed by atoms with E-state index in [-0.39, 0.29) is 12.0 Å². The van der Waals surface area contributed by atoms with Crippen molar-refractivity contribution in [1.29, 1.82) is 0 Å². The first-order valence-corrected chi connectivity index (χ1v) is 10.4. The maximum Gasteiger partial charge on any atom is 0.329 e. The van der Waals surface area contributed by atoms with Gasteiger partial charge in [-0.25, -0.2) is 9.78 Å². The van der Waals surface area contributed by atoms with Crippen LogP contribution in [0, 0.1) is 18.8 Å². The first-order chi connectivity index (χ1) is 15.6. The Morgan fingerprint density at radius 2 is 1.78 bits per heavy atom. The molecule has 160 valence electrons. The molecule has 0 amide bonds. The Balaban J connectivity index is 1.42. The zero-order valence-electron chi connectivity index (χ0n) is 18.1. The molecule has 0 aliphatic rings. The number of rotatable bonds is 6. The summed E-state index contributed by atoms with van der Waals surface area (Å²) in [5.74, 6) is 7.51. The van der Waals surface area contributed by atoms with Crippen LogP contribution in [0.2, 0.25) is 0 Å². The molecule has 2 heterocycles. The first-order valence-electron chi connectivity index (χ1n) is 10.4. The van der Waals surface area contributed by atoms with Crippen LogP contribution in [0.5, 0.6) is 0 Å². The summed E-state index contributed by atoms with van der Waals surface area (Å²) in [6.45, 7) is 1.91. The Bertz CT molecular complexity index is 1230. The molecule has 0 bridgehead atoms. The predicted octanol–water partition coefficient (Wildman–Crippen LogP) is 5.00. The van der Waals surface area contributed by atoms with E-state index in [4.69, 9.17) is 9.15 Å². The third-order valence-electron chi connectivity index (χ3n) is 5.25. The Labute approximate surface area is 187 Å². The zero-order valence-corrected chi connectivity index (χ0v) is 18.1. The molecule has 2 aromatic heterocycles. The molecule has 1 atom stereocenters. The lowest BCUT2D eigenvalue weighted by Crippen LogP contribution is -2.22. The zero-order chi connectivity index (χ0) is 22.3. The molecule has 0 radical (unpaired) electrons. The van der Waals surface area contributed by atoms with E-state index in [0.29, 0.717) is 18.7 Å². The number of ether oxygens (including phenoxy) is 1. The molecule has 4 aromatic rings. The summed E-state index contributed by atoms with van der Waals surface area (Å²) in [6.07, 6.45) is 4.81. The molecule has 32 heavy (non-hydrogen) atoms. The number of aromatic nitrogens is 2. The number of esters is 1. The molecule has 0 fully saturated rings. The number of carbonyl (C=O) groups excluding carboxylic acids is 1. The number of carbonyl (C=O) groups is 1. The summed E-state index contributed by atoms with van der Waals surface area (Å²) in [6, 6.07) is 21.2. The van der Waals surface area contributed by atoms with Crippen LogP contribution >= 0.6 is 0 Å². The van der Waals surface area contributed by atoms with Crippen LogP contribution in [-0.2, 0) is 22.4 Å². The highest BCUT2D eigenvalue weighted by atomic mass is 16.5. The Morgan fingerprint density at radius 3 is 2.47 bits per heavy atom. The number of hydrogen-bond donors (Lipinski definition) is 0. The van der Waals surface area contributed by atoms with Crippen LogP contribution in [-0.4, -0.2) is 22.6 Å². The van der Waals surface area contributed by atoms with Crippen LogP contribution < -0.4 is 0 Å². The second-order valence-corrected chi connectivity index (χ2v) is 7.44. The summed E-state index contributed by atoms with van der Waals surface area (Å²) >= 11 is 0. The number of methoxy groups -OCH3 is 1. The maximum atomic E-state index is 12.2. The number of oxazole rings is 1. The van der Waals surface area contributed by atoms with E-state index in [2.05, 4.69) is 16.8 Å². The normalized spacial score (nSPS) is 11.4. The maximum absolute atomic E-state index is 12.2. The molecule has 4 rings (SSSR count). The molecule has 5 heteroatoms. The van der Waals surface area contributed by atoms with Gasteiger partial charge in [0.1, 0.15) is 11.8 Å². The smallest absolute Gasteiger partial charge is 0.329 e. The molecule has 0 unspecified atom stereocenters. The van der Waals surface area contributed by atoms with E-state index < -0.39 is 0 Å². The topological polar surface area (TPSA) is 57.3 Å². The second-order valence-electron chi connectivity index (χ2n) is 7.44.